The number of hydrogen-bond acceptors (Lipinski definition) is 4. The first kappa shape index (κ1) is 19.5. The van der Waals surface area contributed by atoms with Crippen LogP contribution in [0.25, 0.3) is 0 Å². The quantitative estimate of drug-likeness (QED) is 0.657. The van der Waals surface area contributed by atoms with E-state index in [-0.39, 0.29) is 43.0 Å². The van der Waals surface area contributed by atoms with Crippen LogP contribution in [0.4, 0.5) is 4.39 Å². The Kier molecular flexibility index (Phi) is 6.03. The molecule has 0 radical (unpaired) electrons. The molecule has 28 heavy (non-hydrogen) atoms. The van der Waals surface area contributed by atoms with Gasteiger partial charge in [-0.3, -0.25) is 19.3 Å². The molecule has 0 atom stereocenters. The number of para-hydroxylation sites is 1. The summed E-state index contributed by atoms with van der Waals surface area (Å²) in [6.45, 7) is 0.666. The predicted octanol–water partition coefficient (Wildman–Crippen LogP) is 2.74. The lowest BCUT2D eigenvalue weighted by atomic mass is 10.1. The van der Waals surface area contributed by atoms with Crippen LogP contribution in [0.15, 0.2) is 48.5 Å². The van der Waals surface area contributed by atoms with Crippen molar-refractivity contribution in [1.29, 1.82) is 0 Å². The molecule has 0 N–H and O–H groups in total. The van der Waals surface area contributed by atoms with Crippen molar-refractivity contribution in [3.63, 3.8) is 0 Å². The lowest BCUT2D eigenvalue weighted by Gasteiger charge is -2.19. The SMILES string of the molecule is CN(CCOc1ccccc1F)C(=O)CCCN1C(=O)c2ccccc2C1=O. The molecule has 1 aliphatic rings. The number of carbonyl (C=O) groups excluding carboxylic acids is 3. The van der Waals surface area contributed by atoms with Crippen LogP contribution in [-0.2, 0) is 4.79 Å². The van der Waals surface area contributed by atoms with E-state index in [4.69, 9.17) is 4.74 Å². The monoisotopic (exact) mass is 384 g/mol. The minimum Gasteiger partial charge on any atom is -0.489 e. The van der Waals surface area contributed by atoms with Crippen molar-refractivity contribution in [1.82, 2.24) is 9.80 Å². The Morgan fingerprint density at radius 1 is 1.04 bits per heavy atom. The minimum atomic E-state index is -0.447. The van der Waals surface area contributed by atoms with Gasteiger partial charge in [0.25, 0.3) is 11.8 Å². The zero-order chi connectivity index (χ0) is 20.1. The van der Waals surface area contributed by atoms with E-state index in [2.05, 4.69) is 0 Å². The molecule has 7 heteroatoms. The van der Waals surface area contributed by atoms with Crippen LogP contribution < -0.4 is 4.74 Å². The molecular formula is C21H21FN2O4. The Labute approximate surface area is 162 Å². The molecule has 0 aromatic heterocycles. The Balaban J connectivity index is 1.41. The molecule has 2 aromatic rings. The van der Waals surface area contributed by atoms with Crippen molar-refractivity contribution in [2.75, 3.05) is 26.7 Å². The fraction of sp³-hybridized carbons (Fsp3) is 0.286. The van der Waals surface area contributed by atoms with Gasteiger partial charge in [0, 0.05) is 20.0 Å². The van der Waals surface area contributed by atoms with E-state index in [1.54, 1.807) is 43.4 Å². The van der Waals surface area contributed by atoms with Crippen molar-refractivity contribution < 1.29 is 23.5 Å². The van der Waals surface area contributed by atoms with E-state index >= 15 is 0 Å². The second-order valence-corrected chi connectivity index (χ2v) is 6.51. The van der Waals surface area contributed by atoms with Crippen molar-refractivity contribution in [2.45, 2.75) is 12.8 Å². The van der Waals surface area contributed by atoms with Gasteiger partial charge in [-0.05, 0) is 30.7 Å². The zero-order valence-corrected chi connectivity index (χ0v) is 15.6. The molecule has 0 unspecified atom stereocenters. The standard InChI is InChI=1S/C21H21FN2O4/c1-23(13-14-28-18-10-5-4-9-17(18)22)19(25)11-6-12-24-20(26)15-7-2-3-8-16(15)21(24)27/h2-5,7-10H,6,11-14H2,1H3. The summed E-state index contributed by atoms with van der Waals surface area (Å²) >= 11 is 0. The Hall–Kier alpha value is -3.22. The average molecular weight is 384 g/mol. The number of rotatable bonds is 8. The third-order valence-corrected chi connectivity index (χ3v) is 4.60. The van der Waals surface area contributed by atoms with Gasteiger partial charge in [0.05, 0.1) is 17.7 Å². The Bertz CT molecular complexity index is 864. The summed E-state index contributed by atoms with van der Waals surface area (Å²) in [6.07, 6.45) is 0.576. The maximum atomic E-state index is 13.5. The lowest BCUT2D eigenvalue weighted by molar-refractivity contribution is -0.130. The largest absolute Gasteiger partial charge is 0.489 e. The number of likely N-dealkylation sites (N-methyl/N-ethyl adjacent to an activating group) is 1. The number of ether oxygens (including phenoxy) is 1. The van der Waals surface area contributed by atoms with Crippen molar-refractivity contribution >= 4 is 17.7 Å². The van der Waals surface area contributed by atoms with Gasteiger partial charge in [-0.2, -0.15) is 0 Å². The summed E-state index contributed by atoms with van der Waals surface area (Å²) in [7, 11) is 1.63. The van der Waals surface area contributed by atoms with E-state index in [9.17, 15) is 18.8 Å². The van der Waals surface area contributed by atoms with Crippen LogP contribution >= 0.6 is 0 Å². The molecule has 1 heterocycles. The molecule has 1 aliphatic heterocycles. The normalized spacial score (nSPS) is 12.9. The summed E-state index contributed by atoms with van der Waals surface area (Å²) < 4.78 is 18.8. The number of benzene rings is 2. The van der Waals surface area contributed by atoms with Crippen molar-refractivity contribution in [2.24, 2.45) is 0 Å². The van der Waals surface area contributed by atoms with Crippen LogP contribution in [0.1, 0.15) is 33.6 Å². The Morgan fingerprint density at radius 3 is 2.29 bits per heavy atom. The minimum absolute atomic E-state index is 0.131. The van der Waals surface area contributed by atoms with Gasteiger partial charge in [0.15, 0.2) is 11.6 Å². The third kappa shape index (κ3) is 4.19. The predicted molar refractivity (Wildman–Crippen MR) is 101 cm³/mol. The zero-order valence-electron chi connectivity index (χ0n) is 15.6. The van der Waals surface area contributed by atoms with Crippen LogP contribution in [0.2, 0.25) is 0 Å². The topological polar surface area (TPSA) is 66.9 Å². The number of hydrogen-bond donors (Lipinski definition) is 0. The number of imide groups is 1. The number of nitrogens with zero attached hydrogens (tertiary/aromatic N) is 2. The van der Waals surface area contributed by atoms with Gasteiger partial charge >= 0.3 is 0 Å². The molecule has 0 saturated heterocycles. The van der Waals surface area contributed by atoms with E-state index in [1.807, 2.05) is 0 Å². The van der Waals surface area contributed by atoms with E-state index in [1.165, 1.54) is 21.9 Å². The van der Waals surface area contributed by atoms with Crippen molar-refractivity contribution in [3.8, 4) is 5.75 Å². The smallest absolute Gasteiger partial charge is 0.261 e. The van der Waals surface area contributed by atoms with Gasteiger partial charge in [-0.15, -0.1) is 0 Å². The average Bonchev–Trinajstić information content (AvgIpc) is 2.94. The van der Waals surface area contributed by atoms with Crippen molar-refractivity contribution in [3.05, 3.63) is 65.5 Å². The molecule has 0 fully saturated rings. The highest BCUT2D eigenvalue weighted by Crippen LogP contribution is 2.22. The fourth-order valence-electron chi connectivity index (χ4n) is 3.00. The molecule has 0 bridgehead atoms. The molecule has 2 aromatic carbocycles. The second kappa shape index (κ2) is 8.65. The lowest BCUT2D eigenvalue weighted by Crippen LogP contribution is -2.33. The first-order valence-electron chi connectivity index (χ1n) is 9.05. The van der Waals surface area contributed by atoms with Gasteiger partial charge < -0.3 is 9.64 Å². The summed E-state index contributed by atoms with van der Waals surface area (Å²) in [5, 5.41) is 0. The van der Waals surface area contributed by atoms with E-state index in [0.717, 1.165) is 0 Å². The van der Waals surface area contributed by atoms with Gasteiger partial charge in [-0.1, -0.05) is 24.3 Å². The molecule has 3 rings (SSSR count). The Morgan fingerprint density at radius 2 is 1.64 bits per heavy atom. The molecule has 146 valence electrons. The molecular weight excluding hydrogens is 363 g/mol. The van der Waals surface area contributed by atoms with E-state index < -0.39 is 5.82 Å². The summed E-state index contributed by atoms with van der Waals surface area (Å²) in [5.74, 6) is -1.07. The molecule has 0 saturated carbocycles. The van der Waals surface area contributed by atoms with Crippen LogP contribution in [0.3, 0.4) is 0 Å². The highest BCUT2D eigenvalue weighted by atomic mass is 19.1. The maximum absolute atomic E-state index is 13.5. The number of halogens is 1. The summed E-state index contributed by atoms with van der Waals surface area (Å²) in [6, 6.07) is 12.8. The molecule has 3 amide bonds. The third-order valence-electron chi connectivity index (χ3n) is 4.60. The molecule has 0 aliphatic carbocycles. The highest BCUT2D eigenvalue weighted by Gasteiger charge is 2.34. The highest BCUT2D eigenvalue weighted by molar-refractivity contribution is 6.21. The second-order valence-electron chi connectivity index (χ2n) is 6.51. The van der Waals surface area contributed by atoms with Gasteiger partial charge in [0.1, 0.15) is 6.61 Å². The van der Waals surface area contributed by atoms with Gasteiger partial charge in [-0.25, -0.2) is 4.39 Å². The maximum Gasteiger partial charge on any atom is 0.261 e. The summed E-state index contributed by atoms with van der Waals surface area (Å²) in [4.78, 5) is 39.5. The number of fused-ring (bicyclic) bond motifs is 1. The number of amides is 3. The van der Waals surface area contributed by atoms with Crippen LogP contribution in [0.5, 0.6) is 5.75 Å². The first-order chi connectivity index (χ1) is 13.5. The molecule has 0 spiro atoms. The van der Waals surface area contributed by atoms with Crippen LogP contribution in [0, 0.1) is 5.82 Å². The van der Waals surface area contributed by atoms with Crippen LogP contribution in [-0.4, -0.2) is 54.3 Å². The summed E-state index contributed by atoms with van der Waals surface area (Å²) in [5.41, 5.74) is 0.808. The number of carbonyl (C=O) groups is 3. The fourth-order valence-corrected chi connectivity index (χ4v) is 3.00. The first-order valence-corrected chi connectivity index (χ1v) is 9.05. The molecule has 6 nitrogen and oxygen atoms in total. The van der Waals surface area contributed by atoms with Gasteiger partial charge in [0.2, 0.25) is 5.91 Å². The van der Waals surface area contributed by atoms with E-state index in [0.29, 0.717) is 24.1 Å².